The van der Waals surface area contributed by atoms with Crippen LogP contribution in [0, 0.1) is 0 Å². The van der Waals surface area contributed by atoms with E-state index in [2.05, 4.69) is 27.4 Å². The molecule has 3 rings (SSSR count). The second-order valence-corrected chi connectivity index (χ2v) is 5.85. The average molecular weight is 310 g/mol. The lowest BCUT2D eigenvalue weighted by Gasteiger charge is -2.25. The molecule has 1 aromatic heterocycles. The minimum Gasteiger partial charge on any atom is -0.321 e. The van der Waals surface area contributed by atoms with Crippen molar-refractivity contribution in [3.8, 4) is 0 Å². The molecule has 1 aliphatic rings. The Hall–Kier alpha value is -2.43. The van der Waals surface area contributed by atoms with Crippen LogP contribution in [0.5, 0.6) is 0 Å². The van der Waals surface area contributed by atoms with Crippen molar-refractivity contribution >= 4 is 11.7 Å². The van der Waals surface area contributed by atoms with Gasteiger partial charge in [0.2, 0.25) is 0 Å². The molecule has 0 bridgehead atoms. The van der Waals surface area contributed by atoms with E-state index in [9.17, 15) is 4.79 Å². The maximum Gasteiger partial charge on any atom is 0.322 e. The molecule has 2 aromatic rings. The van der Waals surface area contributed by atoms with Crippen molar-refractivity contribution in [3.63, 3.8) is 0 Å². The van der Waals surface area contributed by atoms with Gasteiger partial charge in [-0.25, -0.2) is 14.8 Å². The largest absolute Gasteiger partial charge is 0.322 e. The lowest BCUT2D eigenvalue weighted by molar-refractivity contribution is 0.206. The summed E-state index contributed by atoms with van der Waals surface area (Å²) >= 11 is 0. The molecule has 2 amide bonds. The first-order chi connectivity index (χ1) is 11.3. The van der Waals surface area contributed by atoms with Gasteiger partial charge < -0.3 is 10.2 Å². The predicted molar refractivity (Wildman–Crippen MR) is 90.3 cm³/mol. The molecule has 1 aromatic carbocycles. The SMILES string of the molecule is CCc1ncc(NC(=O)N2CCCC2Cc2ccccc2)cn1. The lowest BCUT2D eigenvalue weighted by Crippen LogP contribution is -2.39. The van der Waals surface area contributed by atoms with Crippen LogP contribution < -0.4 is 5.32 Å². The molecule has 5 heteroatoms. The number of carbonyl (C=O) groups excluding carboxylic acids is 1. The minimum atomic E-state index is -0.0590. The number of hydrogen-bond acceptors (Lipinski definition) is 3. The first-order valence-corrected chi connectivity index (χ1v) is 8.18. The van der Waals surface area contributed by atoms with Crippen LogP contribution in [0.1, 0.15) is 31.2 Å². The Balaban J connectivity index is 1.63. The molecular formula is C18H22N4O. The molecular weight excluding hydrogens is 288 g/mol. The van der Waals surface area contributed by atoms with Crippen molar-refractivity contribution < 1.29 is 4.79 Å². The minimum absolute atomic E-state index is 0.0590. The van der Waals surface area contributed by atoms with Gasteiger partial charge in [-0.05, 0) is 24.8 Å². The molecule has 1 saturated heterocycles. The smallest absolute Gasteiger partial charge is 0.321 e. The highest BCUT2D eigenvalue weighted by molar-refractivity contribution is 5.89. The van der Waals surface area contributed by atoms with Gasteiger partial charge >= 0.3 is 6.03 Å². The van der Waals surface area contributed by atoms with Gasteiger partial charge in [0.05, 0.1) is 18.1 Å². The number of nitrogens with one attached hydrogen (secondary N) is 1. The van der Waals surface area contributed by atoms with E-state index in [1.807, 2.05) is 30.0 Å². The van der Waals surface area contributed by atoms with Gasteiger partial charge in [-0.3, -0.25) is 0 Å². The van der Waals surface area contributed by atoms with Gasteiger partial charge in [-0.2, -0.15) is 0 Å². The van der Waals surface area contributed by atoms with Crippen LogP contribution in [-0.4, -0.2) is 33.5 Å². The molecule has 2 heterocycles. The van der Waals surface area contributed by atoms with Crippen LogP contribution in [0.2, 0.25) is 0 Å². The molecule has 1 fully saturated rings. The summed E-state index contributed by atoms with van der Waals surface area (Å²) in [6.07, 6.45) is 7.14. The highest BCUT2D eigenvalue weighted by atomic mass is 16.2. The highest BCUT2D eigenvalue weighted by Gasteiger charge is 2.28. The molecule has 23 heavy (non-hydrogen) atoms. The summed E-state index contributed by atoms with van der Waals surface area (Å²) in [7, 11) is 0. The number of rotatable bonds is 4. The molecule has 120 valence electrons. The van der Waals surface area contributed by atoms with E-state index in [-0.39, 0.29) is 12.1 Å². The number of hydrogen-bond donors (Lipinski definition) is 1. The van der Waals surface area contributed by atoms with E-state index in [1.54, 1.807) is 12.4 Å². The molecule has 1 atom stereocenters. The number of amides is 2. The Labute approximate surface area is 136 Å². The van der Waals surface area contributed by atoms with Gasteiger partial charge in [-0.15, -0.1) is 0 Å². The van der Waals surface area contributed by atoms with Crippen molar-refractivity contribution in [2.45, 2.75) is 38.6 Å². The van der Waals surface area contributed by atoms with E-state index < -0.39 is 0 Å². The quantitative estimate of drug-likeness (QED) is 0.943. The Morgan fingerprint density at radius 2 is 2.00 bits per heavy atom. The third kappa shape index (κ3) is 3.86. The molecule has 1 unspecified atom stereocenters. The zero-order chi connectivity index (χ0) is 16.1. The predicted octanol–water partition coefficient (Wildman–Crippen LogP) is 3.28. The van der Waals surface area contributed by atoms with E-state index in [0.29, 0.717) is 5.69 Å². The van der Waals surface area contributed by atoms with Gasteiger partial charge in [-0.1, -0.05) is 37.3 Å². The summed E-state index contributed by atoms with van der Waals surface area (Å²) in [6.45, 7) is 2.81. The van der Waals surface area contributed by atoms with Crippen LogP contribution in [0.4, 0.5) is 10.5 Å². The molecule has 1 aliphatic heterocycles. The highest BCUT2D eigenvalue weighted by Crippen LogP contribution is 2.22. The Bertz CT molecular complexity index is 642. The first kappa shape index (κ1) is 15.5. The number of aromatic nitrogens is 2. The maximum atomic E-state index is 12.5. The van der Waals surface area contributed by atoms with E-state index >= 15 is 0 Å². The molecule has 0 spiro atoms. The Morgan fingerprint density at radius 3 is 2.70 bits per heavy atom. The average Bonchev–Trinajstić information content (AvgIpc) is 3.05. The summed E-state index contributed by atoms with van der Waals surface area (Å²) in [6, 6.07) is 10.5. The molecule has 0 aliphatic carbocycles. The zero-order valence-corrected chi connectivity index (χ0v) is 13.4. The topological polar surface area (TPSA) is 58.1 Å². The van der Waals surface area contributed by atoms with Crippen LogP contribution in [-0.2, 0) is 12.8 Å². The fourth-order valence-corrected chi connectivity index (χ4v) is 3.00. The summed E-state index contributed by atoms with van der Waals surface area (Å²) in [4.78, 5) is 22.9. The van der Waals surface area contributed by atoms with Crippen molar-refractivity contribution in [1.82, 2.24) is 14.9 Å². The monoisotopic (exact) mass is 310 g/mol. The van der Waals surface area contributed by atoms with Crippen molar-refractivity contribution in [3.05, 3.63) is 54.1 Å². The molecule has 0 radical (unpaired) electrons. The summed E-state index contributed by atoms with van der Waals surface area (Å²) in [5.74, 6) is 0.783. The third-order valence-corrected chi connectivity index (χ3v) is 4.22. The van der Waals surface area contributed by atoms with E-state index in [0.717, 1.165) is 38.1 Å². The fourth-order valence-electron chi connectivity index (χ4n) is 3.00. The van der Waals surface area contributed by atoms with Gasteiger partial charge in [0.25, 0.3) is 0 Å². The number of nitrogens with zero attached hydrogens (tertiary/aromatic N) is 3. The molecule has 0 saturated carbocycles. The standard InChI is InChI=1S/C18H22N4O/c1-2-17-19-12-15(13-20-17)21-18(23)22-10-6-9-16(22)11-14-7-4-3-5-8-14/h3-5,7-8,12-13,16H,2,6,9-11H2,1H3,(H,21,23). The van der Waals surface area contributed by atoms with Gasteiger partial charge in [0.1, 0.15) is 5.82 Å². The van der Waals surface area contributed by atoms with Crippen LogP contribution in [0.15, 0.2) is 42.7 Å². The molecule has 1 N–H and O–H groups in total. The molecule has 5 nitrogen and oxygen atoms in total. The lowest BCUT2D eigenvalue weighted by atomic mass is 10.0. The Kier molecular flexibility index (Phi) is 4.86. The second kappa shape index (κ2) is 7.22. The maximum absolute atomic E-state index is 12.5. The van der Waals surface area contributed by atoms with Crippen LogP contribution in [0.3, 0.4) is 0 Å². The number of aryl methyl sites for hydroxylation is 1. The normalized spacial score (nSPS) is 17.3. The first-order valence-electron chi connectivity index (χ1n) is 8.18. The second-order valence-electron chi connectivity index (χ2n) is 5.85. The summed E-state index contributed by atoms with van der Waals surface area (Å²) < 4.78 is 0. The number of urea groups is 1. The third-order valence-electron chi connectivity index (χ3n) is 4.22. The van der Waals surface area contributed by atoms with Crippen molar-refractivity contribution in [1.29, 1.82) is 0 Å². The van der Waals surface area contributed by atoms with E-state index in [4.69, 9.17) is 0 Å². The van der Waals surface area contributed by atoms with Crippen LogP contribution in [0.25, 0.3) is 0 Å². The fraction of sp³-hybridized carbons (Fsp3) is 0.389. The number of likely N-dealkylation sites (tertiary alicyclic amines) is 1. The number of benzene rings is 1. The number of anilines is 1. The Morgan fingerprint density at radius 1 is 1.26 bits per heavy atom. The zero-order valence-electron chi connectivity index (χ0n) is 13.4. The van der Waals surface area contributed by atoms with Crippen molar-refractivity contribution in [2.24, 2.45) is 0 Å². The van der Waals surface area contributed by atoms with E-state index in [1.165, 1.54) is 5.56 Å². The summed E-state index contributed by atoms with van der Waals surface area (Å²) in [5.41, 5.74) is 1.92. The van der Waals surface area contributed by atoms with Gasteiger partial charge in [0, 0.05) is 19.0 Å². The number of carbonyl (C=O) groups is 1. The van der Waals surface area contributed by atoms with Crippen molar-refractivity contribution in [2.75, 3.05) is 11.9 Å². The summed E-state index contributed by atoms with van der Waals surface area (Å²) in [5, 5.41) is 2.91. The van der Waals surface area contributed by atoms with Gasteiger partial charge in [0.15, 0.2) is 0 Å². The van der Waals surface area contributed by atoms with Crippen LogP contribution >= 0.6 is 0 Å².